The molecule has 2 aliphatic heterocycles. The molecular weight excluding hydrogens is 211 g/mol. The van der Waals surface area contributed by atoms with Crippen LogP contribution in [0, 0.1) is 11.3 Å². The lowest BCUT2D eigenvalue weighted by Crippen LogP contribution is -2.53. The van der Waals surface area contributed by atoms with Crippen molar-refractivity contribution in [2.45, 2.75) is 45.4 Å². The summed E-state index contributed by atoms with van der Waals surface area (Å²) in [5.74, 6) is 0.520. The maximum atomic E-state index is 12.5. The van der Waals surface area contributed by atoms with E-state index in [-0.39, 0.29) is 12.3 Å². The average molecular weight is 232 g/mol. The minimum absolute atomic E-state index is 0.219. The SMILES string of the molecule is CC(O)COP1(=O)CC[C@]2(C)C[C@@H]1[C@H]2C. The Balaban J connectivity index is 2.02. The molecule has 4 heteroatoms. The van der Waals surface area contributed by atoms with Crippen LogP contribution >= 0.6 is 7.37 Å². The third kappa shape index (κ3) is 1.79. The molecule has 0 aromatic heterocycles. The molecule has 0 radical (unpaired) electrons. The highest BCUT2D eigenvalue weighted by molar-refractivity contribution is 7.60. The summed E-state index contributed by atoms with van der Waals surface area (Å²) in [5, 5.41) is 9.17. The maximum Gasteiger partial charge on any atom is 0.206 e. The molecule has 3 nitrogen and oxygen atoms in total. The predicted molar refractivity (Wildman–Crippen MR) is 60.4 cm³/mol. The van der Waals surface area contributed by atoms with Crippen molar-refractivity contribution in [2.24, 2.45) is 11.3 Å². The molecule has 2 saturated heterocycles. The van der Waals surface area contributed by atoms with E-state index in [4.69, 9.17) is 9.63 Å². The van der Waals surface area contributed by atoms with Crippen LogP contribution in [0.4, 0.5) is 0 Å². The van der Waals surface area contributed by atoms with Gasteiger partial charge in [-0.2, -0.15) is 0 Å². The second kappa shape index (κ2) is 3.58. The van der Waals surface area contributed by atoms with Crippen molar-refractivity contribution >= 4 is 7.37 Å². The summed E-state index contributed by atoms with van der Waals surface area (Å²) in [6.07, 6.45) is 2.26. The van der Waals surface area contributed by atoms with Gasteiger partial charge in [-0.15, -0.1) is 0 Å². The first-order valence-corrected chi connectivity index (χ1v) is 7.67. The van der Waals surface area contributed by atoms with Gasteiger partial charge in [0.25, 0.3) is 0 Å². The van der Waals surface area contributed by atoms with E-state index in [9.17, 15) is 4.57 Å². The van der Waals surface area contributed by atoms with E-state index in [1.165, 1.54) is 0 Å². The smallest absolute Gasteiger partial charge is 0.206 e. The Kier molecular flexibility index (Phi) is 2.77. The molecular formula is C11H21O3P. The highest BCUT2D eigenvalue weighted by Crippen LogP contribution is 2.73. The van der Waals surface area contributed by atoms with E-state index < -0.39 is 13.5 Å². The molecule has 2 bridgehead atoms. The largest absolute Gasteiger partial charge is 0.391 e. The summed E-state index contributed by atoms with van der Waals surface area (Å²) in [6, 6.07) is 0. The summed E-state index contributed by atoms with van der Waals surface area (Å²) in [6.45, 7) is 6.36. The van der Waals surface area contributed by atoms with Gasteiger partial charge in [0.15, 0.2) is 0 Å². The third-order valence-electron chi connectivity index (χ3n) is 4.39. The van der Waals surface area contributed by atoms with Crippen molar-refractivity contribution in [1.29, 1.82) is 0 Å². The molecule has 1 aliphatic carbocycles. The predicted octanol–water partition coefficient (Wildman–Crippen LogP) is 2.48. The molecule has 0 aromatic rings. The van der Waals surface area contributed by atoms with Crippen LogP contribution in [-0.2, 0) is 9.09 Å². The van der Waals surface area contributed by atoms with Gasteiger partial charge in [0.2, 0.25) is 7.37 Å². The fourth-order valence-electron chi connectivity index (χ4n) is 2.93. The van der Waals surface area contributed by atoms with Gasteiger partial charge in [0, 0.05) is 11.8 Å². The van der Waals surface area contributed by atoms with Crippen molar-refractivity contribution < 1.29 is 14.2 Å². The van der Waals surface area contributed by atoms with Gasteiger partial charge >= 0.3 is 0 Å². The molecule has 2 unspecified atom stereocenters. The van der Waals surface area contributed by atoms with Crippen LogP contribution in [0.25, 0.3) is 0 Å². The standard InChI is InChI=1S/C11H21O3P/c1-8(12)7-14-15(13)5-4-11(3)6-10(15)9(11)2/h8-10,12H,4-7H2,1-3H3/t8?,9-,10-,11-,15?/m1/s1. The highest BCUT2D eigenvalue weighted by atomic mass is 31.2. The molecule has 15 heavy (non-hydrogen) atoms. The van der Waals surface area contributed by atoms with E-state index in [0.29, 0.717) is 17.5 Å². The summed E-state index contributed by atoms with van der Waals surface area (Å²) < 4.78 is 18.0. The number of hydrogen-bond donors (Lipinski definition) is 1. The van der Waals surface area contributed by atoms with Crippen LogP contribution in [0.2, 0.25) is 0 Å². The Morgan fingerprint density at radius 3 is 2.80 bits per heavy atom. The van der Waals surface area contributed by atoms with Crippen molar-refractivity contribution in [3.63, 3.8) is 0 Å². The van der Waals surface area contributed by atoms with Crippen molar-refractivity contribution in [1.82, 2.24) is 0 Å². The number of aliphatic hydroxyl groups is 1. The first-order valence-electron chi connectivity index (χ1n) is 5.79. The Hall–Kier alpha value is 0.150. The molecule has 88 valence electrons. The number of fused-ring (bicyclic) bond motifs is 2. The van der Waals surface area contributed by atoms with Gasteiger partial charge in [-0.05, 0) is 31.1 Å². The van der Waals surface area contributed by atoms with Crippen LogP contribution < -0.4 is 0 Å². The fourth-order valence-corrected chi connectivity index (χ4v) is 6.60. The number of rotatable bonds is 3. The van der Waals surface area contributed by atoms with E-state index >= 15 is 0 Å². The molecule has 3 fully saturated rings. The second-order valence-corrected chi connectivity index (χ2v) is 8.38. The lowest BCUT2D eigenvalue weighted by molar-refractivity contribution is 0.0353. The molecule has 1 saturated carbocycles. The van der Waals surface area contributed by atoms with Crippen LogP contribution in [0.5, 0.6) is 0 Å². The van der Waals surface area contributed by atoms with Crippen molar-refractivity contribution in [3.05, 3.63) is 0 Å². The minimum atomic E-state index is -2.45. The zero-order valence-electron chi connectivity index (χ0n) is 9.77. The highest BCUT2D eigenvalue weighted by Gasteiger charge is 2.60. The lowest BCUT2D eigenvalue weighted by Gasteiger charge is -2.58. The van der Waals surface area contributed by atoms with E-state index in [1.54, 1.807) is 6.92 Å². The van der Waals surface area contributed by atoms with Gasteiger partial charge in [0.1, 0.15) is 0 Å². The van der Waals surface area contributed by atoms with Crippen LogP contribution in [0.1, 0.15) is 33.6 Å². The summed E-state index contributed by atoms with van der Waals surface area (Å²) in [4.78, 5) is 0. The zero-order chi connectivity index (χ0) is 11.3. The van der Waals surface area contributed by atoms with Crippen LogP contribution in [-0.4, -0.2) is 29.6 Å². The Bertz CT molecular complexity index is 298. The molecule has 1 N–H and O–H groups in total. The molecule has 0 amide bonds. The van der Waals surface area contributed by atoms with Gasteiger partial charge in [-0.1, -0.05) is 13.8 Å². The molecule has 0 aromatic carbocycles. The third-order valence-corrected chi connectivity index (χ3v) is 7.46. The topological polar surface area (TPSA) is 46.5 Å². The first kappa shape index (κ1) is 11.6. The van der Waals surface area contributed by atoms with E-state index in [2.05, 4.69) is 13.8 Å². The number of hydrogen-bond acceptors (Lipinski definition) is 3. The van der Waals surface area contributed by atoms with Crippen LogP contribution in [0.3, 0.4) is 0 Å². The monoisotopic (exact) mass is 232 g/mol. The molecule has 5 atom stereocenters. The Morgan fingerprint density at radius 1 is 1.67 bits per heavy atom. The van der Waals surface area contributed by atoms with Gasteiger partial charge in [0.05, 0.1) is 12.7 Å². The maximum absolute atomic E-state index is 12.5. The second-order valence-electron chi connectivity index (χ2n) is 5.56. The average Bonchev–Trinajstić information content (AvgIpc) is 2.18. The normalized spacial score (nSPS) is 50.9. The van der Waals surface area contributed by atoms with E-state index in [0.717, 1.165) is 12.8 Å². The van der Waals surface area contributed by atoms with Crippen molar-refractivity contribution in [2.75, 3.05) is 12.8 Å². The first-order chi connectivity index (χ1) is 6.87. The minimum Gasteiger partial charge on any atom is -0.391 e. The Morgan fingerprint density at radius 2 is 2.33 bits per heavy atom. The molecule has 0 spiro atoms. The summed E-state index contributed by atoms with van der Waals surface area (Å²) in [7, 11) is -2.45. The molecule has 2 heterocycles. The fraction of sp³-hybridized carbons (Fsp3) is 1.00. The number of aliphatic hydroxyl groups excluding tert-OH is 1. The van der Waals surface area contributed by atoms with Crippen LogP contribution in [0.15, 0.2) is 0 Å². The molecule has 3 rings (SSSR count). The molecule has 3 aliphatic rings. The summed E-state index contributed by atoms with van der Waals surface area (Å²) >= 11 is 0. The lowest BCUT2D eigenvalue weighted by atomic mass is 9.60. The van der Waals surface area contributed by atoms with E-state index in [1.807, 2.05) is 0 Å². The summed E-state index contributed by atoms with van der Waals surface area (Å²) in [5.41, 5.74) is 0.669. The van der Waals surface area contributed by atoms with Gasteiger partial charge in [-0.25, -0.2) is 0 Å². The van der Waals surface area contributed by atoms with Gasteiger partial charge < -0.3 is 9.63 Å². The quantitative estimate of drug-likeness (QED) is 0.760. The van der Waals surface area contributed by atoms with Crippen molar-refractivity contribution in [3.8, 4) is 0 Å². The van der Waals surface area contributed by atoms with Gasteiger partial charge in [-0.3, -0.25) is 4.57 Å². The Labute approximate surface area is 91.7 Å². The zero-order valence-corrected chi connectivity index (χ0v) is 10.7.